The smallest absolute Gasteiger partial charge is 0.416 e. The second-order valence-electron chi connectivity index (χ2n) is 16.3. The summed E-state index contributed by atoms with van der Waals surface area (Å²) in [5, 5.41) is 19.9. The van der Waals surface area contributed by atoms with Crippen molar-refractivity contribution in [3.63, 3.8) is 0 Å². The highest BCUT2D eigenvalue weighted by atomic mass is 35.5. The molecule has 5 amide bonds. The Labute approximate surface area is 362 Å². The van der Waals surface area contributed by atoms with Crippen molar-refractivity contribution in [1.82, 2.24) is 49.4 Å². The van der Waals surface area contributed by atoms with Gasteiger partial charge in [-0.1, -0.05) is 11.6 Å². The summed E-state index contributed by atoms with van der Waals surface area (Å²) in [6, 6.07) is 8.50. The van der Waals surface area contributed by atoms with E-state index in [0.717, 1.165) is 25.7 Å². The van der Waals surface area contributed by atoms with E-state index in [4.69, 9.17) is 16.3 Å². The maximum absolute atomic E-state index is 14.9. The molecule has 0 radical (unpaired) electrons. The third-order valence-corrected chi connectivity index (χ3v) is 10.3. The Morgan fingerprint density at radius 2 is 1.56 bits per heavy atom. The van der Waals surface area contributed by atoms with Crippen LogP contribution in [0.5, 0.6) is 0 Å². The monoisotopic (exact) mass is 875 g/mol. The minimum absolute atomic E-state index is 0.00393. The molecule has 0 spiro atoms. The molecule has 0 bridgehead atoms. The Morgan fingerprint density at radius 1 is 0.905 bits per heavy atom. The van der Waals surface area contributed by atoms with Crippen molar-refractivity contribution in [2.75, 3.05) is 15.5 Å². The van der Waals surface area contributed by atoms with Gasteiger partial charge in [-0.25, -0.2) is 24.1 Å². The Bertz CT molecular complexity index is 2930. The van der Waals surface area contributed by atoms with E-state index in [9.17, 15) is 28.4 Å². The van der Waals surface area contributed by atoms with Gasteiger partial charge in [0, 0.05) is 70.6 Å². The number of fused-ring (bicyclic) bond motifs is 2. The highest BCUT2D eigenvalue weighted by Gasteiger charge is 2.38. The minimum Gasteiger partial charge on any atom is -0.443 e. The molecule has 0 atom stereocenters. The molecule has 2 saturated heterocycles. The number of carbonyl (C=O) groups is 5. The first-order chi connectivity index (χ1) is 30.2. The van der Waals surface area contributed by atoms with E-state index in [0.29, 0.717) is 62.8 Å². The van der Waals surface area contributed by atoms with Crippen LogP contribution in [-0.4, -0.2) is 86.2 Å². The maximum atomic E-state index is 14.9. The average Bonchev–Trinajstić information content (AvgIpc) is 3.94. The fourth-order valence-electron chi connectivity index (χ4n) is 6.90. The van der Waals surface area contributed by atoms with Gasteiger partial charge < -0.3 is 19.9 Å². The molecular weight excluding hydrogens is 837 g/mol. The summed E-state index contributed by atoms with van der Waals surface area (Å²) in [7, 11) is 0. The van der Waals surface area contributed by atoms with Crippen molar-refractivity contribution >= 4 is 87.9 Å². The van der Waals surface area contributed by atoms with Crippen molar-refractivity contribution in [1.29, 1.82) is 0 Å². The van der Waals surface area contributed by atoms with E-state index in [1.165, 1.54) is 16.8 Å². The number of benzene rings is 1. The highest BCUT2D eigenvalue weighted by Crippen LogP contribution is 2.35. The van der Waals surface area contributed by atoms with Gasteiger partial charge in [0.25, 0.3) is 11.8 Å². The normalized spacial score (nSPS) is 17.6. The lowest BCUT2D eigenvalue weighted by atomic mass is 10.1. The van der Waals surface area contributed by atoms with Crippen molar-refractivity contribution in [2.45, 2.75) is 77.0 Å². The van der Waals surface area contributed by atoms with Gasteiger partial charge >= 0.3 is 6.09 Å². The third-order valence-electron chi connectivity index (χ3n) is 10.1. The van der Waals surface area contributed by atoms with E-state index in [1.54, 1.807) is 96.1 Å². The fraction of sp³-hybridized carbons (Fsp3) is 0.286. The molecule has 2 saturated carbocycles. The number of ether oxygens (including phenoxy) is 1. The Kier molecular flexibility index (Phi) is 10.4. The summed E-state index contributed by atoms with van der Waals surface area (Å²) in [5.41, 5.74) is 2.88. The van der Waals surface area contributed by atoms with Gasteiger partial charge in [-0.2, -0.15) is 19.2 Å². The molecule has 4 N–H and O–H groups in total. The third kappa shape index (κ3) is 8.96. The van der Waals surface area contributed by atoms with Gasteiger partial charge in [0.1, 0.15) is 34.0 Å². The molecule has 7 heterocycles. The van der Waals surface area contributed by atoms with Gasteiger partial charge in [-0.15, -0.1) is 0 Å². The first-order valence-corrected chi connectivity index (χ1v) is 20.4. The van der Waals surface area contributed by atoms with Crippen LogP contribution in [0.2, 0.25) is 5.15 Å². The number of carbonyl (C=O) groups excluding carboxylic acids is 5. The average molecular weight is 876 g/mol. The van der Waals surface area contributed by atoms with Gasteiger partial charge in [-0.05, 0) is 70.7 Å². The van der Waals surface area contributed by atoms with Crippen molar-refractivity contribution in [3.8, 4) is 5.69 Å². The number of hydrogen-bond donors (Lipinski definition) is 4. The molecule has 1 aromatic carbocycles. The van der Waals surface area contributed by atoms with Gasteiger partial charge in [-0.3, -0.25) is 34.7 Å². The lowest BCUT2D eigenvalue weighted by Gasteiger charge is -2.27. The fourth-order valence-corrected chi connectivity index (χ4v) is 7.08. The van der Waals surface area contributed by atoms with Gasteiger partial charge in [0.2, 0.25) is 11.8 Å². The summed E-state index contributed by atoms with van der Waals surface area (Å²) >= 11 is 6.24. The van der Waals surface area contributed by atoms with Crippen LogP contribution in [0.1, 0.15) is 70.4 Å². The number of anilines is 4. The second kappa shape index (κ2) is 16.1. The zero-order valence-corrected chi connectivity index (χ0v) is 34.8. The first kappa shape index (κ1) is 40.9. The molecule has 21 heteroatoms. The van der Waals surface area contributed by atoms with Crippen LogP contribution in [-0.2, 0) is 23.9 Å². The van der Waals surface area contributed by atoms with Crippen molar-refractivity contribution < 1.29 is 33.1 Å². The number of hydrogen-bond acceptors (Lipinski definition) is 13. The summed E-state index contributed by atoms with van der Waals surface area (Å²) in [5.74, 6) is -0.447. The number of nitrogens with zero attached hydrogens (tertiary/aromatic N) is 9. The van der Waals surface area contributed by atoms with Crippen LogP contribution < -0.4 is 26.2 Å². The molecular formula is C42H39ClFN13O6. The molecule has 19 nitrogen and oxygen atoms in total. The molecule has 10 rings (SSSR count). The Hall–Kier alpha value is -7.48. The zero-order chi connectivity index (χ0) is 44.2. The molecule has 6 aromatic rings. The van der Waals surface area contributed by atoms with Crippen LogP contribution in [0.4, 0.5) is 32.3 Å². The number of imidazole rings is 1. The van der Waals surface area contributed by atoms with Crippen molar-refractivity contribution in [2.24, 2.45) is 0 Å². The molecule has 5 aromatic heterocycles. The summed E-state index contributed by atoms with van der Waals surface area (Å²) in [6.45, 7) is 5.41. The number of nitrogens with one attached hydrogen (secondary N) is 4. The summed E-state index contributed by atoms with van der Waals surface area (Å²) in [6.07, 6.45) is 14.6. The highest BCUT2D eigenvalue weighted by molar-refractivity contribution is 6.30. The van der Waals surface area contributed by atoms with Crippen LogP contribution in [0.25, 0.3) is 29.1 Å². The van der Waals surface area contributed by atoms with E-state index in [2.05, 4.69) is 46.4 Å². The van der Waals surface area contributed by atoms with E-state index < -0.39 is 29.3 Å². The maximum Gasteiger partial charge on any atom is 0.416 e. The van der Waals surface area contributed by atoms with Crippen LogP contribution in [0.3, 0.4) is 0 Å². The van der Waals surface area contributed by atoms with E-state index in [1.807, 2.05) is 0 Å². The van der Waals surface area contributed by atoms with Gasteiger partial charge in [0.05, 0.1) is 37.3 Å². The molecule has 63 heavy (non-hydrogen) atoms. The second-order valence-corrected chi connectivity index (χ2v) is 16.7. The number of imide groups is 2. The topological polar surface area (TPSA) is 224 Å². The SMILES string of the molecule is CC(C)(C)OC(=O)N(c1cc(Cl)nc2c(/C=C3\CC(=O)NC3=O)cnn12)C1CC1.O=C1C/C(=C\c2cnn3c(NC4CC4)cc(Nc4ccc(-n5ccnc5)cc4F)nc23)C(=O)N1. The summed E-state index contributed by atoms with van der Waals surface area (Å²) in [4.78, 5) is 74.2. The predicted molar refractivity (Wildman–Crippen MR) is 228 cm³/mol. The Balaban J connectivity index is 0.000000162. The largest absolute Gasteiger partial charge is 0.443 e. The van der Waals surface area contributed by atoms with E-state index in [-0.39, 0.29) is 41.5 Å². The predicted octanol–water partition coefficient (Wildman–Crippen LogP) is 5.52. The van der Waals surface area contributed by atoms with Crippen LogP contribution in [0, 0.1) is 5.82 Å². The van der Waals surface area contributed by atoms with Crippen LogP contribution >= 0.6 is 11.6 Å². The first-order valence-electron chi connectivity index (χ1n) is 20.0. The van der Waals surface area contributed by atoms with E-state index >= 15 is 0 Å². The lowest BCUT2D eigenvalue weighted by molar-refractivity contribution is -0.125. The number of rotatable bonds is 9. The van der Waals surface area contributed by atoms with Gasteiger partial charge in [0.15, 0.2) is 11.3 Å². The quantitative estimate of drug-likeness (QED) is 0.0799. The molecule has 2 aliphatic carbocycles. The zero-order valence-electron chi connectivity index (χ0n) is 34.1. The van der Waals surface area contributed by atoms with Crippen molar-refractivity contribution in [3.05, 3.63) is 94.7 Å². The molecule has 2 aliphatic heterocycles. The number of amides is 5. The lowest BCUT2D eigenvalue weighted by Crippen LogP contribution is -2.39. The molecule has 4 fully saturated rings. The number of halogens is 2. The molecule has 0 unspecified atom stereocenters. The summed E-state index contributed by atoms with van der Waals surface area (Å²) < 4.78 is 25.3. The minimum atomic E-state index is -0.651. The molecule has 322 valence electrons. The molecule has 4 aliphatic rings. The standard InChI is InChI=1S/C23H19FN8O2.C19H20ClN5O4/c24-17-9-16(31-6-5-25-12-31)3-4-18(17)28-19-10-20(27-15-1-2-15)32-22(29-19)14(11-26-32)7-13-8-21(33)30-23(13)34;1-19(2,3)29-18(28)24(12-4-5-12)15-8-13(20)22-16-11(9-21-25(15)16)6-10-7-14(26)23-17(10)27/h3-7,9-12,15,27H,1-2,8H2,(H,28,29)(H,30,33,34);6,8-9,12H,4-5,7H2,1-3H3,(H,23,26,27)/b13-7+;10-6+. The number of aromatic nitrogens is 8. The Morgan fingerprint density at radius 3 is 2.11 bits per heavy atom. The van der Waals surface area contributed by atoms with Crippen LogP contribution in [0.15, 0.2) is 72.6 Å².